The molecule has 2 aromatic heterocycles. The monoisotopic (exact) mass is 476 g/mol. The highest BCUT2D eigenvalue weighted by Crippen LogP contribution is 2.36. The molecule has 2 aromatic carbocycles. The fourth-order valence-electron chi connectivity index (χ4n) is 3.87. The molecule has 4 aromatic rings. The van der Waals surface area contributed by atoms with Gasteiger partial charge in [-0.25, -0.2) is 4.98 Å². The van der Waals surface area contributed by atoms with E-state index in [4.69, 9.17) is 29.6 Å². The van der Waals surface area contributed by atoms with Crippen LogP contribution < -0.4 is 10.6 Å². The van der Waals surface area contributed by atoms with Crippen LogP contribution in [0.25, 0.3) is 17.4 Å². The third-order valence-corrected chi connectivity index (χ3v) is 5.45. The number of hydrogen-bond acceptors (Lipinski definition) is 8. The topological polar surface area (TPSA) is 120 Å². The molecule has 178 valence electrons. The van der Waals surface area contributed by atoms with Crippen LogP contribution in [0.2, 0.25) is 0 Å². The predicted octanol–water partition coefficient (Wildman–Crippen LogP) is 6.40. The number of nitrogens with zero attached hydrogens (tertiary/aromatic N) is 4. The Morgan fingerprint density at radius 1 is 1.03 bits per heavy atom. The standard InChI is InChI=1S/C28H24N6O2/c1-18-14-21(6-4-12-29)15-19(2)26(18)33-27-25(24-7-5-13-36-24)23(17-35-3)32-28(34-27)31-22-10-8-20(16-30)9-11-22/h4-11,13-15H,17H2,1-3H3,(H2,31,32,33,34)/b6-4+. The lowest BCUT2D eigenvalue weighted by molar-refractivity contribution is 0.182. The highest BCUT2D eigenvalue weighted by molar-refractivity contribution is 5.81. The van der Waals surface area contributed by atoms with Gasteiger partial charge >= 0.3 is 0 Å². The van der Waals surface area contributed by atoms with Gasteiger partial charge in [-0.1, -0.05) is 0 Å². The zero-order valence-electron chi connectivity index (χ0n) is 20.2. The van der Waals surface area contributed by atoms with Gasteiger partial charge in [0.25, 0.3) is 0 Å². The first kappa shape index (κ1) is 24.2. The lowest BCUT2D eigenvalue weighted by atomic mass is 10.0. The molecule has 0 fully saturated rings. The summed E-state index contributed by atoms with van der Waals surface area (Å²) in [5.41, 5.74) is 6.46. The van der Waals surface area contributed by atoms with Crippen LogP contribution in [-0.4, -0.2) is 17.1 Å². The number of anilines is 4. The Bertz CT molecular complexity index is 1450. The third kappa shape index (κ3) is 5.41. The van der Waals surface area contributed by atoms with Crippen molar-refractivity contribution in [2.75, 3.05) is 17.7 Å². The third-order valence-electron chi connectivity index (χ3n) is 5.45. The molecule has 8 nitrogen and oxygen atoms in total. The second-order valence-corrected chi connectivity index (χ2v) is 8.06. The number of furan rings is 1. The maximum Gasteiger partial charge on any atom is 0.229 e. The van der Waals surface area contributed by atoms with E-state index in [1.54, 1.807) is 43.7 Å². The number of methoxy groups -OCH3 is 1. The molecule has 0 radical (unpaired) electrons. The summed E-state index contributed by atoms with van der Waals surface area (Å²) in [6.07, 6.45) is 4.84. The first-order valence-electron chi connectivity index (χ1n) is 11.2. The molecule has 8 heteroatoms. The van der Waals surface area contributed by atoms with Crippen molar-refractivity contribution in [3.63, 3.8) is 0 Å². The van der Waals surface area contributed by atoms with Gasteiger partial charge in [0.05, 0.1) is 41.8 Å². The summed E-state index contributed by atoms with van der Waals surface area (Å²) in [6, 6.07) is 18.9. The van der Waals surface area contributed by atoms with Crippen molar-refractivity contribution in [2.24, 2.45) is 0 Å². The van der Waals surface area contributed by atoms with Crippen molar-refractivity contribution in [3.8, 4) is 23.5 Å². The minimum absolute atomic E-state index is 0.241. The first-order valence-corrected chi connectivity index (χ1v) is 11.2. The Labute approximate surface area is 209 Å². The Balaban J connectivity index is 1.81. The smallest absolute Gasteiger partial charge is 0.229 e. The van der Waals surface area contributed by atoms with Gasteiger partial charge in [0.15, 0.2) is 0 Å². The minimum Gasteiger partial charge on any atom is -0.464 e. The molecule has 0 aliphatic heterocycles. The number of nitrogens with one attached hydrogen (secondary N) is 2. The van der Waals surface area contributed by atoms with Gasteiger partial charge in [0, 0.05) is 24.6 Å². The molecule has 0 aliphatic carbocycles. The van der Waals surface area contributed by atoms with Gasteiger partial charge in [-0.2, -0.15) is 15.5 Å². The lowest BCUT2D eigenvalue weighted by Gasteiger charge is -2.18. The van der Waals surface area contributed by atoms with E-state index in [0.29, 0.717) is 34.3 Å². The quantitative estimate of drug-likeness (QED) is 0.281. The van der Waals surface area contributed by atoms with Crippen LogP contribution in [-0.2, 0) is 11.3 Å². The number of benzene rings is 2. The van der Waals surface area contributed by atoms with Gasteiger partial charge in [-0.15, -0.1) is 0 Å². The van der Waals surface area contributed by atoms with Crippen LogP contribution in [0.15, 0.2) is 65.3 Å². The number of allylic oxidation sites excluding steroid dienone is 1. The van der Waals surface area contributed by atoms with Crippen molar-refractivity contribution in [3.05, 3.63) is 88.8 Å². The van der Waals surface area contributed by atoms with Crippen LogP contribution in [0.5, 0.6) is 0 Å². The summed E-state index contributed by atoms with van der Waals surface area (Å²) in [5.74, 6) is 1.53. The second-order valence-electron chi connectivity index (χ2n) is 8.06. The lowest BCUT2D eigenvalue weighted by Crippen LogP contribution is -2.09. The van der Waals surface area contributed by atoms with Gasteiger partial charge in [-0.3, -0.25) is 0 Å². The summed E-state index contributed by atoms with van der Waals surface area (Å²) >= 11 is 0. The summed E-state index contributed by atoms with van der Waals surface area (Å²) in [4.78, 5) is 9.49. The normalized spacial score (nSPS) is 10.7. The Hall–Kier alpha value is -4.92. The largest absolute Gasteiger partial charge is 0.464 e. The molecule has 0 saturated heterocycles. The highest BCUT2D eigenvalue weighted by atomic mass is 16.5. The van der Waals surface area contributed by atoms with Crippen molar-refractivity contribution in [2.45, 2.75) is 20.5 Å². The number of hydrogen-bond donors (Lipinski definition) is 2. The second kappa shape index (κ2) is 11.0. The number of nitriles is 2. The molecule has 0 aliphatic rings. The van der Waals surface area contributed by atoms with Gasteiger partial charge < -0.3 is 19.8 Å². The first-order chi connectivity index (χ1) is 17.5. The number of aromatic nitrogens is 2. The zero-order valence-corrected chi connectivity index (χ0v) is 20.2. The van der Waals surface area contributed by atoms with Crippen LogP contribution in [0.4, 0.5) is 23.1 Å². The fourth-order valence-corrected chi connectivity index (χ4v) is 3.87. The molecule has 0 saturated carbocycles. The van der Waals surface area contributed by atoms with E-state index in [-0.39, 0.29) is 6.61 Å². The summed E-state index contributed by atoms with van der Waals surface area (Å²) in [6.45, 7) is 4.24. The molecule has 0 unspecified atom stereocenters. The Morgan fingerprint density at radius 2 is 1.78 bits per heavy atom. The van der Waals surface area contributed by atoms with Crippen LogP contribution in [0.1, 0.15) is 27.9 Å². The summed E-state index contributed by atoms with van der Waals surface area (Å²) in [7, 11) is 1.61. The molecule has 0 bridgehead atoms. The van der Waals surface area contributed by atoms with E-state index < -0.39 is 0 Å². The number of ether oxygens (including phenoxy) is 1. The molecule has 2 N–H and O–H groups in total. The predicted molar refractivity (Wildman–Crippen MR) is 139 cm³/mol. The molecular weight excluding hydrogens is 452 g/mol. The number of rotatable bonds is 8. The molecule has 0 spiro atoms. The molecule has 2 heterocycles. The van der Waals surface area contributed by atoms with Gasteiger partial charge in [-0.05, 0) is 85.1 Å². The van der Waals surface area contributed by atoms with Crippen molar-refractivity contribution in [1.82, 2.24) is 9.97 Å². The maximum absolute atomic E-state index is 9.07. The van der Waals surface area contributed by atoms with E-state index in [0.717, 1.165) is 28.1 Å². The van der Waals surface area contributed by atoms with E-state index in [9.17, 15) is 0 Å². The van der Waals surface area contributed by atoms with Crippen LogP contribution >= 0.6 is 0 Å². The van der Waals surface area contributed by atoms with Crippen LogP contribution in [0, 0.1) is 36.5 Å². The summed E-state index contributed by atoms with van der Waals surface area (Å²) in [5, 5.41) is 24.6. The van der Waals surface area contributed by atoms with Gasteiger partial charge in [0.1, 0.15) is 11.6 Å². The molecule has 0 amide bonds. The minimum atomic E-state index is 0.241. The van der Waals surface area contributed by atoms with E-state index >= 15 is 0 Å². The zero-order chi connectivity index (χ0) is 25.5. The van der Waals surface area contributed by atoms with E-state index in [1.165, 1.54) is 6.08 Å². The van der Waals surface area contributed by atoms with Crippen LogP contribution in [0.3, 0.4) is 0 Å². The van der Waals surface area contributed by atoms with E-state index in [1.807, 2.05) is 44.2 Å². The molecule has 4 rings (SSSR count). The Kier molecular flexibility index (Phi) is 7.40. The fraction of sp³-hybridized carbons (Fsp3) is 0.143. The van der Waals surface area contributed by atoms with Crippen molar-refractivity contribution in [1.29, 1.82) is 10.5 Å². The van der Waals surface area contributed by atoms with Crippen molar-refractivity contribution < 1.29 is 9.15 Å². The van der Waals surface area contributed by atoms with Crippen molar-refractivity contribution >= 4 is 29.2 Å². The molecular formula is C28H24N6O2. The number of aryl methyl sites for hydroxylation is 2. The average molecular weight is 477 g/mol. The van der Waals surface area contributed by atoms with Gasteiger partial charge in [0.2, 0.25) is 5.95 Å². The SMILES string of the molecule is COCc1nc(Nc2ccc(C#N)cc2)nc(Nc2c(C)cc(/C=C/C#N)cc2C)c1-c1ccco1. The highest BCUT2D eigenvalue weighted by Gasteiger charge is 2.20. The average Bonchev–Trinajstić information content (AvgIpc) is 3.40. The van der Waals surface area contributed by atoms with E-state index in [2.05, 4.69) is 16.7 Å². The Morgan fingerprint density at radius 3 is 2.39 bits per heavy atom. The summed E-state index contributed by atoms with van der Waals surface area (Å²) < 4.78 is 11.2. The maximum atomic E-state index is 9.07. The molecule has 36 heavy (non-hydrogen) atoms. The molecule has 0 atom stereocenters.